The first-order chi connectivity index (χ1) is 21.7. The minimum atomic E-state index is -2.74. The van der Waals surface area contributed by atoms with E-state index in [-0.39, 0.29) is 36.3 Å². The van der Waals surface area contributed by atoms with Gasteiger partial charge in [-0.3, -0.25) is 9.78 Å². The van der Waals surface area contributed by atoms with Gasteiger partial charge in [0.2, 0.25) is 5.82 Å². The van der Waals surface area contributed by atoms with Crippen LogP contribution in [0.15, 0.2) is 36.8 Å². The number of alkyl halides is 2. The molecule has 4 aromatic rings. The van der Waals surface area contributed by atoms with Crippen molar-refractivity contribution in [2.45, 2.75) is 64.2 Å². The number of hydrogen-bond donors (Lipinski definition) is 2. The minimum Gasteiger partial charge on any atom is -0.444 e. The number of rotatable bonds is 6. The van der Waals surface area contributed by atoms with Crippen molar-refractivity contribution in [3.8, 4) is 11.4 Å². The van der Waals surface area contributed by atoms with Crippen LogP contribution >= 0.6 is 0 Å². The predicted octanol–water partition coefficient (Wildman–Crippen LogP) is 3.33. The summed E-state index contributed by atoms with van der Waals surface area (Å²) in [5.41, 5.74) is 0.624. The van der Waals surface area contributed by atoms with E-state index < -0.39 is 17.6 Å². The third-order valence-corrected chi connectivity index (χ3v) is 8.80. The summed E-state index contributed by atoms with van der Waals surface area (Å²) in [5, 5.41) is 30.1. The summed E-state index contributed by atoms with van der Waals surface area (Å²) >= 11 is 0. The predicted molar refractivity (Wildman–Crippen MR) is 161 cm³/mol. The zero-order valence-corrected chi connectivity index (χ0v) is 25.8. The topological polar surface area (TPSA) is 156 Å². The first-order valence-corrected chi connectivity index (χ1v) is 15.0. The van der Waals surface area contributed by atoms with Gasteiger partial charge in [0, 0.05) is 42.1 Å². The Balaban J connectivity index is 1.02. The van der Waals surface area contributed by atoms with E-state index in [2.05, 4.69) is 35.7 Å². The normalized spacial score (nSPS) is 18.8. The smallest absolute Gasteiger partial charge is 0.410 e. The second-order valence-electron chi connectivity index (χ2n) is 13.7. The molecule has 3 aliphatic rings. The number of fused-ring (bicyclic) bond motifs is 1. The van der Waals surface area contributed by atoms with Crippen molar-refractivity contribution in [1.29, 1.82) is 0 Å². The van der Waals surface area contributed by atoms with E-state index in [4.69, 9.17) is 4.74 Å². The number of aromatic nitrogens is 7. The summed E-state index contributed by atoms with van der Waals surface area (Å²) in [6, 6.07) is 5.30. The molecule has 2 amide bonds. The van der Waals surface area contributed by atoms with Crippen molar-refractivity contribution in [3.63, 3.8) is 0 Å². The van der Waals surface area contributed by atoms with E-state index in [0.717, 1.165) is 5.69 Å². The Kier molecular flexibility index (Phi) is 6.77. The Hall–Kier alpha value is -4.73. The Morgan fingerprint density at radius 3 is 2.59 bits per heavy atom. The fourth-order valence-corrected chi connectivity index (χ4v) is 6.46. The zero-order chi connectivity index (χ0) is 32.6. The van der Waals surface area contributed by atoms with Gasteiger partial charge in [0.15, 0.2) is 0 Å². The molecular weight excluding hydrogens is 602 g/mol. The number of likely N-dealkylation sites (tertiary alicyclic amines) is 1. The summed E-state index contributed by atoms with van der Waals surface area (Å²) in [6.07, 6.45) is 1.88. The van der Waals surface area contributed by atoms with Crippen molar-refractivity contribution in [2.24, 2.45) is 5.41 Å². The first-order valence-electron chi connectivity index (χ1n) is 15.0. The molecule has 2 N–H and O–H groups in total. The molecule has 0 radical (unpaired) electrons. The highest BCUT2D eigenvalue weighted by molar-refractivity contribution is 6.09. The van der Waals surface area contributed by atoms with Crippen LogP contribution in [0.5, 0.6) is 0 Å². The number of nitrogens with zero attached hydrogens (tertiary/aromatic N) is 9. The number of anilines is 2. The van der Waals surface area contributed by atoms with Crippen molar-refractivity contribution >= 4 is 28.9 Å². The molecule has 242 valence electrons. The molecule has 6 heterocycles. The summed E-state index contributed by atoms with van der Waals surface area (Å²) in [5.74, 6) is -0.0614. The second kappa shape index (κ2) is 10.4. The molecule has 7 rings (SSSR count). The van der Waals surface area contributed by atoms with Crippen LogP contribution in [0.1, 0.15) is 55.7 Å². The Labute approximate surface area is 262 Å². The highest BCUT2D eigenvalue weighted by Gasteiger charge is 2.63. The molecule has 0 bridgehead atoms. The number of hydrogen-bond acceptors (Lipinski definition) is 10. The number of aryl methyl sites for hydroxylation is 1. The van der Waals surface area contributed by atoms with Gasteiger partial charge in [0.25, 0.3) is 12.3 Å². The monoisotopic (exact) mass is 636 g/mol. The van der Waals surface area contributed by atoms with Crippen LogP contribution in [-0.2, 0) is 4.74 Å². The minimum absolute atomic E-state index is 0.0856. The molecule has 4 aromatic heterocycles. The van der Waals surface area contributed by atoms with Gasteiger partial charge in [-0.05, 0) is 63.9 Å². The van der Waals surface area contributed by atoms with Crippen LogP contribution in [0.3, 0.4) is 0 Å². The molecule has 3 fully saturated rings. The van der Waals surface area contributed by atoms with Gasteiger partial charge in [-0.15, -0.1) is 10.2 Å². The molecular formula is C30H34F2N10O4. The average molecular weight is 637 g/mol. The fraction of sp³-hybridized carbons (Fsp3) is 0.500. The standard InChI is InChI=1S/C30H34F2N10O4/c1-17-22(7-18(9-33-17)24-36-38-42(37-24)20-11-39(12-20)27(44)46-28(2,3)4)35-25(43)21-10-34-41-6-5-19(8-23(21)41)40-15-29(16-40)13-30(45,14-29)26(31)32/h5-10,20,26,45H,11-16H2,1-4H3,(H,35,43). The van der Waals surface area contributed by atoms with Crippen LogP contribution in [0.25, 0.3) is 16.9 Å². The van der Waals surface area contributed by atoms with Gasteiger partial charge in [0.05, 0.1) is 41.7 Å². The van der Waals surface area contributed by atoms with Gasteiger partial charge in [-0.25, -0.2) is 18.1 Å². The third kappa shape index (κ3) is 5.29. The molecule has 16 heteroatoms. The van der Waals surface area contributed by atoms with Crippen LogP contribution in [0.4, 0.5) is 25.0 Å². The van der Waals surface area contributed by atoms with Gasteiger partial charge in [-0.1, -0.05) is 0 Å². The maximum Gasteiger partial charge on any atom is 0.410 e. The Morgan fingerprint density at radius 2 is 1.89 bits per heavy atom. The molecule has 1 saturated carbocycles. The van der Waals surface area contributed by atoms with E-state index >= 15 is 0 Å². The lowest BCUT2D eigenvalue weighted by Crippen LogP contribution is -2.70. The van der Waals surface area contributed by atoms with Gasteiger partial charge < -0.3 is 25.0 Å². The maximum atomic E-state index is 13.5. The number of pyridine rings is 2. The zero-order valence-electron chi connectivity index (χ0n) is 25.8. The van der Waals surface area contributed by atoms with Gasteiger partial charge in [-0.2, -0.15) is 9.90 Å². The van der Waals surface area contributed by atoms with E-state index in [9.17, 15) is 23.5 Å². The van der Waals surface area contributed by atoms with Crippen LogP contribution in [0.2, 0.25) is 0 Å². The van der Waals surface area contributed by atoms with Crippen molar-refractivity contribution in [2.75, 3.05) is 36.4 Å². The lowest BCUT2D eigenvalue weighted by molar-refractivity contribution is -0.209. The second-order valence-corrected chi connectivity index (χ2v) is 13.7. The summed E-state index contributed by atoms with van der Waals surface area (Å²) in [4.78, 5) is 35.2. The van der Waals surface area contributed by atoms with Crippen LogP contribution < -0.4 is 10.2 Å². The Bertz CT molecular complexity index is 1830. The lowest BCUT2D eigenvalue weighted by atomic mass is 9.55. The molecule has 14 nitrogen and oxygen atoms in total. The van der Waals surface area contributed by atoms with E-state index in [0.29, 0.717) is 60.0 Å². The molecule has 0 atom stereocenters. The van der Waals surface area contributed by atoms with E-state index in [1.807, 2.05) is 32.9 Å². The van der Waals surface area contributed by atoms with Crippen molar-refractivity contribution < 1.29 is 28.2 Å². The fourth-order valence-electron chi connectivity index (χ4n) is 6.46. The number of aliphatic hydroxyl groups is 1. The summed E-state index contributed by atoms with van der Waals surface area (Å²) in [6.45, 7) is 9.15. The SMILES string of the molecule is Cc1ncc(-c2nnn(C3CN(C(=O)OC(C)(C)C)C3)n2)cc1NC(=O)c1cnn2ccc(N3CC4(C3)CC(O)(C(F)F)C4)cc12. The van der Waals surface area contributed by atoms with Gasteiger partial charge in [0.1, 0.15) is 17.2 Å². The van der Waals surface area contributed by atoms with Crippen molar-refractivity contribution in [1.82, 2.24) is 39.7 Å². The number of amides is 2. The van der Waals surface area contributed by atoms with Crippen LogP contribution in [-0.4, -0.2) is 101 Å². The van der Waals surface area contributed by atoms with E-state index in [1.165, 1.54) is 11.0 Å². The molecule has 0 aromatic carbocycles. The number of carbonyl (C=O) groups is 2. The number of ether oxygens (including phenoxy) is 1. The van der Waals surface area contributed by atoms with Crippen molar-refractivity contribution in [3.05, 3.63) is 48.0 Å². The number of carbonyl (C=O) groups excluding carboxylic acids is 2. The average Bonchev–Trinajstić information content (AvgIpc) is 3.56. The maximum absolute atomic E-state index is 13.5. The summed E-state index contributed by atoms with van der Waals surface area (Å²) in [7, 11) is 0. The molecule has 1 spiro atoms. The lowest BCUT2D eigenvalue weighted by Gasteiger charge is -2.62. The van der Waals surface area contributed by atoms with Gasteiger partial charge >= 0.3 is 6.09 Å². The molecule has 2 aliphatic heterocycles. The third-order valence-electron chi connectivity index (χ3n) is 8.80. The summed E-state index contributed by atoms with van der Waals surface area (Å²) < 4.78 is 33.2. The number of tetrazole rings is 1. The highest BCUT2D eigenvalue weighted by Crippen LogP contribution is 2.56. The van der Waals surface area contributed by atoms with E-state index in [1.54, 1.807) is 34.8 Å². The van der Waals surface area contributed by atoms with Crippen LogP contribution in [0, 0.1) is 12.3 Å². The first kappa shape index (κ1) is 30.0. The molecule has 46 heavy (non-hydrogen) atoms. The number of nitrogens with one attached hydrogen (secondary N) is 1. The Morgan fingerprint density at radius 1 is 1.15 bits per heavy atom. The largest absolute Gasteiger partial charge is 0.444 e. The number of halogens is 2. The molecule has 1 aliphatic carbocycles. The quantitative estimate of drug-likeness (QED) is 0.322. The highest BCUT2D eigenvalue weighted by atomic mass is 19.3. The molecule has 2 saturated heterocycles. The molecule has 0 unspecified atom stereocenters.